The van der Waals surface area contributed by atoms with E-state index < -0.39 is 0 Å². The number of hydrogen-bond donors (Lipinski definition) is 1. The van der Waals surface area contributed by atoms with Crippen molar-refractivity contribution in [3.8, 4) is 0 Å². The molecule has 0 aliphatic carbocycles. The molecule has 0 atom stereocenters. The highest BCUT2D eigenvalue weighted by atomic mass is 16.1. The van der Waals surface area contributed by atoms with Gasteiger partial charge < -0.3 is 10.2 Å². The van der Waals surface area contributed by atoms with Crippen LogP contribution in [0, 0.1) is 0 Å². The van der Waals surface area contributed by atoms with Gasteiger partial charge in [0, 0.05) is 0 Å². The van der Waals surface area contributed by atoms with E-state index in [0.717, 1.165) is 12.1 Å². The zero-order valence-electron chi connectivity index (χ0n) is 7.55. The molecule has 2 N–H and O–H groups in total. The first-order valence-electron chi connectivity index (χ1n) is 3.58. The fourth-order valence-electron chi connectivity index (χ4n) is 1.21. The van der Waals surface area contributed by atoms with E-state index in [9.17, 15) is 4.79 Å². The van der Waals surface area contributed by atoms with Gasteiger partial charge in [-0.3, -0.25) is 4.79 Å². The highest BCUT2D eigenvalue weighted by Gasteiger charge is 2.17. The predicted molar refractivity (Wildman–Crippen MR) is 45.9 cm³/mol. The molecule has 0 bridgehead atoms. The van der Waals surface area contributed by atoms with Crippen LogP contribution in [0.3, 0.4) is 0 Å². The molecular weight excluding hydrogens is 140 g/mol. The molecule has 0 aromatic carbocycles. The summed E-state index contributed by atoms with van der Waals surface area (Å²) in [7, 11) is 3.92. The molecule has 0 saturated heterocycles. The first-order valence-corrected chi connectivity index (χ1v) is 3.58. The molecule has 0 aromatic heterocycles. The van der Waals surface area contributed by atoms with Gasteiger partial charge in [-0.25, -0.2) is 0 Å². The maximum absolute atomic E-state index is 10.6. The summed E-state index contributed by atoms with van der Waals surface area (Å²) in [5, 5.41) is 0. The molecule has 0 aliphatic heterocycles. The summed E-state index contributed by atoms with van der Waals surface area (Å²) in [6.07, 6.45) is 0. The third-order valence-corrected chi connectivity index (χ3v) is 1.28. The van der Waals surface area contributed by atoms with Gasteiger partial charge in [-0.05, 0) is 12.5 Å². The molecule has 11 heavy (non-hydrogen) atoms. The number of carbonyl (C=O) groups excluding carboxylic acids is 1. The molecule has 0 spiro atoms. The number of hydrogen-bond acceptors (Lipinski definition) is 1. The lowest BCUT2D eigenvalue weighted by Gasteiger charge is -2.28. The van der Waals surface area contributed by atoms with Crippen molar-refractivity contribution in [3.05, 3.63) is 12.2 Å². The second kappa shape index (κ2) is 3.53. The topological polar surface area (TPSA) is 43.1 Å². The van der Waals surface area contributed by atoms with Gasteiger partial charge in [-0.15, -0.1) is 0 Å². The number of primary amides is 1. The summed E-state index contributed by atoms with van der Waals surface area (Å²) in [4.78, 5) is 10.6. The van der Waals surface area contributed by atoms with E-state index in [-0.39, 0.29) is 5.91 Å². The van der Waals surface area contributed by atoms with Crippen LogP contribution in [0.15, 0.2) is 12.2 Å². The van der Waals surface area contributed by atoms with Crippen LogP contribution >= 0.6 is 0 Å². The lowest BCUT2D eigenvalue weighted by atomic mass is 10.3. The highest BCUT2D eigenvalue weighted by molar-refractivity contribution is 5.74. The second-order valence-electron chi connectivity index (χ2n) is 3.68. The average Bonchev–Trinajstić information content (AvgIpc) is 1.53. The number of nitrogens with two attached hydrogens (primary N) is 1. The summed E-state index contributed by atoms with van der Waals surface area (Å²) in [6.45, 7) is 6.89. The van der Waals surface area contributed by atoms with Crippen molar-refractivity contribution in [2.75, 3.05) is 27.2 Å². The maximum Gasteiger partial charge on any atom is 0.272 e. The van der Waals surface area contributed by atoms with E-state index in [1.165, 1.54) is 0 Å². The van der Waals surface area contributed by atoms with E-state index in [1.807, 2.05) is 21.0 Å². The van der Waals surface area contributed by atoms with Crippen molar-refractivity contribution in [1.82, 2.24) is 0 Å². The number of quaternary nitrogens is 1. The Morgan fingerprint density at radius 2 is 1.91 bits per heavy atom. The quantitative estimate of drug-likeness (QED) is 0.457. The molecule has 0 heterocycles. The fraction of sp³-hybridized carbons (Fsp3) is 0.625. The largest absolute Gasteiger partial charge is 0.365 e. The minimum Gasteiger partial charge on any atom is -0.365 e. The Labute approximate surface area is 68.1 Å². The van der Waals surface area contributed by atoms with E-state index in [2.05, 4.69) is 6.58 Å². The van der Waals surface area contributed by atoms with Gasteiger partial charge >= 0.3 is 0 Å². The number of carbonyl (C=O) groups is 1. The molecular formula is C8H17N2O+. The van der Waals surface area contributed by atoms with Crippen LogP contribution in [-0.2, 0) is 4.79 Å². The Hall–Kier alpha value is -0.830. The standard InChI is InChI=1S/C8H16N2O/c1-7(2)5-10(3,4)6-8(9)11/h1,5-6H2,2-4H3,(H-,9,11)/p+1. The average molecular weight is 157 g/mol. The first kappa shape index (κ1) is 10.2. The van der Waals surface area contributed by atoms with Crippen LogP contribution in [0.2, 0.25) is 0 Å². The van der Waals surface area contributed by atoms with Gasteiger partial charge in [0.25, 0.3) is 5.91 Å². The van der Waals surface area contributed by atoms with E-state index in [4.69, 9.17) is 5.73 Å². The zero-order valence-corrected chi connectivity index (χ0v) is 7.55. The van der Waals surface area contributed by atoms with Gasteiger partial charge in [0.05, 0.1) is 20.6 Å². The lowest BCUT2D eigenvalue weighted by molar-refractivity contribution is -0.877. The molecule has 3 nitrogen and oxygen atoms in total. The molecule has 0 fully saturated rings. The fourth-order valence-corrected chi connectivity index (χ4v) is 1.21. The Morgan fingerprint density at radius 1 is 1.45 bits per heavy atom. The SMILES string of the molecule is C=C(C)C[N+](C)(C)CC(N)=O. The summed E-state index contributed by atoms with van der Waals surface area (Å²) in [6, 6.07) is 0. The Kier molecular flexibility index (Phi) is 3.26. The van der Waals surface area contributed by atoms with Crippen molar-refractivity contribution < 1.29 is 9.28 Å². The summed E-state index contributed by atoms with van der Waals surface area (Å²) in [5.74, 6) is -0.267. The van der Waals surface area contributed by atoms with Gasteiger partial charge in [0.15, 0.2) is 6.54 Å². The van der Waals surface area contributed by atoms with Crippen LogP contribution in [-0.4, -0.2) is 37.6 Å². The van der Waals surface area contributed by atoms with Crippen LogP contribution in [0.5, 0.6) is 0 Å². The van der Waals surface area contributed by atoms with Crippen molar-refractivity contribution in [3.63, 3.8) is 0 Å². The Bertz CT molecular complexity index is 155. The minimum atomic E-state index is -0.267. The number of amides is 1. The van der Waals surface area contributed by atoms with E-state index in [0.29, 0.717) is 11.0 Å². The minimum absolute atomic E-state index is 0.267. The first-order chi connectivity index (χ1) is 4.83. The summed E-state index contributed by atoms with van der Waals surface area (Å²) in [5.41, 5.74) is 6.14. The third-order valence-electron chi connectivity index (χ3n) is 1.28. The monoisotopic (exact) mass is 157 g/mol. The van der Waals surface area contributed by atoms with Crippen molar-refractivity contribution >= 4 is 5.91 Å². The maximum atomic E-state index is 10.6. The molecule has 64 valence electrons. The summed E-state index contributed by atoms with van der Waals surface area (Å²) < 4.78 is 0.588. The summed E-state index contributed by atoms with van der Waals surface area (Å²) >= 11 is 0. The smallest absolute Gasteiger partial charge is 0.272 e. The van der Waals surface area contributed by atoms with Crippen molar-refractivity contribution in [1.29, 1.82) is 0 Å². The molecule has 1 amide bonds. The van der Waals surface area contributed by atoms with Gasteiger partial charge in [-0.2, -0.15) is 0 Å². The molecule has 3 heteroatoms. The molecule has 0 aromatic rings. The van der Waals surface area contributed by atoms with Gasteiger partial charge in [0.1, 0.15) is 0 Å². The van der Waals surface area contributed by atoms with Crippen molar-refractivity contribution in [2.24, 2.45) is 5.73 Å². The van der Waals surface area contributed by atoms with E-state index >= 15 is 0 Å². The third kappa shape index (κ3) is 5.61. The van der Waals surface area contributed by atoms with Gasteiger partial charge in [0.2, 0.25) is 0 Å². The number of nitrogens with zero attached hydrogens (tertiary/aromatic N) is 1. The number of likely N-dealkylation sites (N-methyl/N-ethyl adjacent to an activating group) is 1. The second-order valence-corrected chi connectivity index (χ2v) is 3.68. The molecule has 0 saturated carbocycles. The molecule has 0 aliphatic rings. The molecule has 0 unspecified atom stereocenters. The molecule has 0 radical (unpaired) electrons. The number of rotatable bonds is 4. The Balaban J connectivity index is 3.99. The van der Waals surface area contributed by atoms with Crippen LogP contribution < -0.4 is 5.73 Å². The van der Waals surface area contributed by atoms with Crippen LogP contribution in [0.1, 0.15) is 6.92 Å². The van der Waals surface area contributed by atoms with E-state index in [1.54, 1.807) is 0 Å². The highest BCUT2D eigenvalue weighted by Crippen LogP contribution is 2.00. The predicted octanol–water partition coefficient (Wildman–Crippen LogP) is 0.124. The van der Waals surface area contributed by atoms with Crippen LogP contribution in [0.4, 0.5) is 0 Å². The van der Waals surface area contributed by atoms with Crippen molar-refractivity contribution in [2.45, 2.75) is 6.92 Å². The van der Waals surface area contributed by atoms with Crippen LogP contribution in [0.25, 0.3) is 0 Å². The lowest BCUT2D eigenvalue weighted by Crippen LogP contribution is -2.46. The molecule has 0 rings (SSSR count). The normalized spacial score (nSPS) is 11.2. The Morgan fingerprint density at radius 3 is 2.18 bits per heavy atom. The van der Waals surface area contributed by atoms with Gasteiger partial charge in [-0.1, -0.05) is 6.58 Å². The zero-order chi connectivity index (χ0) is 9.07.